The number of carbonyl (C=O) groups excluding carboxylic acids is 1. The van der Waals surface area contributed by atoms with Gasteiger partial charge in [0.25, 0.3) is 5.91 Å². The number of nitriles is 1. The van der Waals surface area contributed by atoms with Crippen molar-refractivity contribution >= 4 is 22.2 Å². The maximum absolute atomic E-state index is 12.3. The van der Waals surface area contributed by atoms with Crippen molar-refractivity contribution in [3.05, 3.63) is 83.8 Å². The van der Waals surface area contributed by atoms with Gasteiger partial charge in [0.05, 0.1) is 16.5 Å². The predicted octanol–water partition coefficient (Wildman–Crippen LogP) is 4.30. The number of amides is 1. The van der Waals surface area contributed by atoms with Crippen LogP contribution in [0, 0.1) is 11.3 Å². The van der Waals surface area contributed by atoms with Crippen molar-refractivity contribution in [3.8, 4) is 16.5 Å². The van der Waals surface area contributed by atoms with Crippen LogP contribution in [0.25, 0.3) is 15.4 Å². The summed E-state index contributed by atoms with van der Waals surface area (Å²) in [7, 11) is 0. The van der Waals surface area contributed by atoms with Crippen LogP contribution in [0.5, 0.6) is 0 Å². The molecule has 2 aromatic heterocycles. The molecule has 0 fully saturated rings. The Balaban J connectivity index is 1.38. The number of benzene rings is 2. The van der Waals surface area contributed by atoms with Crippen LogP contribution in [0.4, 0.5) is 0 Å². The highest BCUT2D eigenvalue weighted by molar-refractivity contribution is 7.20. The fourth-order valence-corrected chi connectivity index (χ4v) is 3.97. The van der Waals surface area contributed by atoms with E-state index in [0.29, 0.717) is 17.8 Å². The van der Waals surface area contributed by atoms with Gasteiger partial charge in [-0.3, -0.25) is 9.20 Å². The molecule has 0 saturated carbocycles. The number of rotatable bonds is 6. The Labute approximate surface area is 166 Å². The highest BCUT2D eigenvalue weighted by atomic mass is 32.1. The monoisotopic (exact) mass is 386 g/mol. The zero-order valence-corrected chi connectivity index (χ0v) is 15.9. The topological polar surface area (TPSA) is 70.2 Å². The summed E-state index contributed by atoms with van der Waals surface area (Å²) in [5, 5.41) is 12.0. The first kappa shape index (κ1) is 18.0. The molecule has 0 bridgehead atoms. The van der Waals surface area contributed by atoms with E-state index in [1.54, 1.807) is 12.3 Å². The highest BCUT2D eigenvalue weighted by Crippen LogP contribution is 2.29. The van der Waals surface area contributed by atoms with Gasteiger partial charge in [-0.15, -0.1) is 0 Å². The van der Waals surface area contributed by atoms with Crippen LogP contribution in [0.15, 0.2) is 67.0 Å². The van der Waals surface area contributed by atoms with E-state index in [2.05, 4.69) is 28.5 Å². The van der Waals surface area contributed by atoms with Crippen LogP contribution in [0.2, 0.25) is 0 Å². The van der Waals surface area contributed by atoms with Gasteiger partial charge in [-0.25, -0.2) is 4.98 Å². The van der Waals surface area contributed by atoms with Gasteiger partial charge in [0.15, 0.2) is 4.96 Å². The quantitative estimate of drug-likeness (QED) is 0.502. The highest BCUT2D eigenvalue weighted by Gasteiger charge is 2.13. The Morgan fingerprint density at radius 1 is 1.14 bits per heavy atom. The minimum Gasteiger partial charge on any atom is -0.351 e. The summed E-state index contributed by atoms with van der Waals surface area (Å²) in [4.78, 5) is 18.6. The number of carbonyl (C=O) groups is 1. The van der Waals surface area contributed by atoms with E-state index in [4.69, 9.17) is 5.26 Å². The molecule has 4 rings (SSSR count). The lowest BCUT2D eigenvalue weighted by atomic mass is 10.1. The summed E-state index contributed by atoms with van der Waals surface area (Å²) in [6.45, 7) is 0.616. The molecule has 0 radical (unpaired) electrons. The molecule has 6 heteroatoms. The molecule has 2 aromatic carbocycles. The first-order chi connectivity index (χ1) is 13.7. The maximum atomic E-state index is 12.3. The van der Waals surface area contributed by atoms with Crippen molar-refractivity contribution in [1.29, 1.82) is 5.26 Å². The average molecular weight is 386 g/mol. The SMILES string of the molecule is N#Cc1cccc(-c2cn3cc(C(=O)NCCCc4ccccc4)nc3s2)c1. The van der Waals surface area contributed by atoms with Crippen LogP contribution >= 0.6 is 11.3 Å². The van der Waals surface area contributed by atoms with Crippen LogP contribution < -0.4 is 5.32 Å². The second-order valence-corrected chi connectivity index (χ2v) is 7.46. The number of hydrogen-bond acceptors (Lipinski definition) is 4. The van der Waals surface area contributed by atoms with E-state index in [9.17, 15) is 4.79 Å². The Bertz CT molecular complexity index is 1120. The second kappa shape index (κ2) is 8.07. The van der Waals surface area contributed by atoms with E-state index < -0.39 is 0 Å². The lowest BCUT2D eigenvalue weighted by molar-refractivity contribution is 0.0949. The van der Waals surface area contributed by atoms with Crippen molar-refractivity contribution in [2.45, 2.75) is 12.8 Å². The van der Waals surface area contributed by atoms with Crippen LogP contribution in [0.1, 0.15) is 28.0 Å². The molecule has 0 aliphatic rings. The molecule has 0 aliphatic heterocycles. The molecule has 28 heavy (non-hydrogen) atoms. The van der Waals surface area contributed by atoms with Gasteiger partial charge < -0.3 is 5.32 Å². The normalized spacial score (nSPS) is 10.7. The van der Waals surface area contributed by atoms with Crippen molar-refractivity contribution in [1.82, 2.24) is 14.7 Å². The Kier molecular flexibility index (Phi) is 5.18. The summed E-state index contributed by atoms with van der Waals surface area (Å²) in [5.74, 6) is -0.156. The molecule has 0 unspecified atom stereocenters. The Morgan fingerprint density at radius 3 is 2.79 bits per heavy atom. The minimum absolute atomic E-state index is 0.156. The molecule has 1 amide bonds. The Morgan fingerprint density at radius 2 is 2.00 bits per heavy atom. The molecule has 2 heterocycles. The van der Waals surface area contributed by atoms with E-state index >= 15 is 0 Å². The predicted molar refractivity (Wildman–Crippen MR) is 110 cm³/mol. The lowest BCUT2D eigenvalue weighted by Crippen LogP contribution is -2.25. The summed E-state index contributed by atoms with van der Waals surface area (Å²) in [6, 6.07) is 19.9. The smallest absolute Gasteiger partial charge is 0.271 e. The van der Waals surface area contributed by atoms with E-state index in [1.807, 2.05) is 47.0 Å². The van der Waals surface area contributed by atoms with Gasteiger partial charge in [-0.1, -0.05) is 53.8 Å². The number of aryl methyl sites for hydroxylation is 1. The largest absolute Gasteiger partial charge is 0.351 e. The van der Waals surface area contributed by atoms with Crippen molar-refractivity contribution in [2.75, 3.05) is 6.54 Å². The van der Waals surface area contributed by atoms with Crippen LogP contribution in [-0.2, 0) is 6.42 Å². The Hall–Kier alpha value is -3.43. The number of nitrogens with one attached hydrogen (secondary N) is 1. The number of fused-ring (bicyclic) bond motifs is 1. The van der Waals surface area contributed by atoms with Crippen molar-refractivity contribution in [3.63, 3.8) is 0 Å². The molecule has 4 aromatic rings. The van der Waals surface area contributed by atoms with Gasteiger partial charge in [-0.05, 0) is 36.1 Å². The summed E-state index contributed by atoms with van der Waals surface area (Å²) < 4.78 is 1.86. The standard InChI is InChI=1S/C22H18N4OS/c23-13-17-8-4-10-18(12-17)20-15-26-14-19(25-22(26)28-20)21(27)24-11-5-9-16-6-2-1-3-7-16/h1-4,6-8,10,12,14-15H,5,9,11H2,(H,24,27). The summed E-state index contributed by atoms with van der Waals surface area (Å²) in [6.07, 6.45) is 5.51. The zero-order chi connectivity index (χ0) is 19.3. The molecule has 0 aliphatic carbocycles. The van der Waals surface area contributed by atoms with Gasteiger partial charge >= 0.3 is 0 Å². The molecule has 138 valence electrons. The van der Waals surface area contributed by atoms with Crippen LogP contribution in [-0.4, -0.2) is 21.8 Å². The maximum Gasteiger partial charge on any atom is 0.271 e. The van der Waals surface area contributed by atoms with Gasteiger partial charge in [0.2, 0.25) is 0 Å². The third kappa shape index (κ3) is 3.95. The molecule has 0 spiro atoms. The summed E-state index contributed by atoms with van der Waals surface area (Å²) in [5.41, 5.74) is 3.29. The van der Waals surface area contributed by atoms with E-state index in [0.717, 1.165) is 28.2 Å². The second-order valence-electron chi connectivity index (χ2n) is 6.45. The molecular formula is C22H18N4OS. The molecule has 1 N–H and O–H groups in total. The lowest BCUT2D eigenvalue weighted by Gasteiger charge is -2.03. The third-order valence-corrected chi connectivity index (χ3v) is 5.48. The first-order valence-corrected chi connectivity index (χ1v) is 9.86. The number of nitrogens with zero attached hydrogens (tertiary/aromatic N) is 3. The van der Waals surface area contributed by atoms with E-state index in [-0.39, 0.29) is 5.91 Å². The fraction of sp³-hybridized carbons (Fsp3) is 0.136. The number of thiazole rings is 1. The fourth-order valence-electron chi connectivity index (χ4n) is 3.01. The molecule has 0 atom stereocenters. The molecule has 0 saturated heterocycles. The number of hydrogen-bond donors (Lipinski definition) is 1. The summed E-state index contributed by atoms with van der Waals surface area (Å²) >= 11 is 1.50. The molecule has 5 nitrogen and oxygen atoms in total. The minimum atomic E-state index is -0.156. The molecular weight excluding hydrogens is 368 g/mol. The third-order valence-electron chi connectivity index (χ3n) is 4.44. The van der Waals surface area contributed by atoms with Gasteiger partial charge in [0, 0.05) is 18.9 Å². The van der Waals surface area contributed by atoms with Crippen LogP contribution in [0.3, 0.4) is 0 Å². The average Bonchev–Trinajstić information content (AvgIpc) is 3.31. The number of imidazole rings is 1. The van der Waals surface area contributed by atoms with Crippen molar-refractivity contribution in [2.24, 2.45) is 0 Å². The number of aromatic nitrogens is 2. The van der Waals surface area contributed by atoms with Gasteiger partial charge in [-0.2, -0.15) is 5.26 Å². The van der Waals surface area contributed by atoms with E-state index in [1.165, 1.54) is 16.9 Å². The first-order valence-electron chi connectivity index (χ1n) is 9.04. The zero-order valence-electron chi connectivity index (χ0n) is 15.1. The van der Waals surface area contributed by atoms with Crippen molar-refractivity contribution < 1.29 is 4.79 Å². The van der Waals surface area contributed by atoms with Gasteiger partial charge in [0.1, 0.15) is 5.69 Å².